The zero-order valence-electron chi connectivity index (χ0n) is 20.5. The average molecular weight is 509 g/mol. The molecule has 9 heteroatoms. The van der Waals surface area contributed by atoms with Gasteiger partial charge in [0.05, 0.1) is 17.1 Å². The third kappa shape index (κ3) is 6.19. The molecular formula is C26H34F2N2O4S. The second-order valence-corrected chi connectivity index (χ2v) is 12.0. The van der Waals surface area contributed by atoms with E-state index in [1.165, 1.54) is 17.4 Å². The first-order valence-corrected chi connectivity index (χ1v) is 12.9. The summed E-state index contributed by atoms with van der Waals surface area (Å²) in [5.41, 5.74) is -0.384. The molecule has 3 atom stereocenters. The van der Waals surface area contributed by atoms with E-state index >= 15 is 0 Å². The number of para-hydroxylation sites is 1. The van der Waals surface area contributed by atoms with Crippen molar-refractivity contribution >= 4 is 17.3 Å². The maximum Gasteiger partial charge on any atom is 0.387 e. The van der Waals surface area contributed by atoms with Gasteiger partial charge in [-0.25, -0.2) is 4.98 Å². The molecule has 0 bridgehead atoms. The third-order valence-electron chi connectivity index (χ3n) is 7.23. The van der Waals surface area contributed by atoms with Gasteiger partial charge in [-0.1, -0.05) is 32.9 Å². The molecule has 3 heterocycles. The molecule has 0 amide bonds. The Labute approximate surface area is 209 Å². The first kappa shape index (κ1) is 26.0. The number of hydrogen-bond donors (Lipinski definition) is 1. The summed E-state index contributed by atoms with van der Waals surface area (Å²) >= 11 is 1.42. The van der Waals surface area contributed by atoms with Gasteiger partial charge in [0.15, 0.2) is 0 Å². The van der Waals surface area contributed by atoms with Crippen LogP contribution in [0.4, 0.5) is 8.78 Å². The minimum Gasteiger partial charge on any atom is -0.481 e. The fourth-order valence-corrected chi connectivity index (χ4v) is 6.29. The van der Waals surface area contributed by atoms with Crippen LogP contribution in [0, 0.1) is 16.7 Å². The van der Waals surface area contributed by atoms with Crippen molar-refractivity contribution in [2.24, 2.45) is 16.7 Å². The lowest BCUT2D eigenvalue weighted by Gasteiger charge is -2.48. The predicted octanol–water partition coefficient (Wildman–Crippen LogP) is 5.92. The van der Waals surface area contributed by atoms with Gasteiger partial charge in [-0.15, -0.1) is 11.3 Å². The molecular weight excluding hydrogens is 474 g/mol. The summed E-state index contributed by atoms with van der Waals surface area (Å²) in [5, 5.41) is 11.0. The van der Waals surface area contributed by atoms with Crippen molar-refractivity contribution in [3.05, 3.63) is 35.3 Å². The van der Waals surface area contributed by atoms with E-state index in [0.717, 1.165) is 24.3 Å². The topological polar surface area (TPSA) is 71.9 Å². The van der Waals surface area contributed by atoms with Crippen LogP contribution in [-0.4, -0.2) is 53.4 Å². The molecule has 0 radical (unpaired) electrons. The minimum absolute atomic E-state index is 0.00647. The maximum absolute atomic E-state index is 12.8. The second kappa shape index (κ2) is 10.5. The molecule has 0 spiro atoms. The smallest absolute Gasteiger partial charge is 0.387 e. The highest BCUT2D eigenvalue weighted by molar-refractivity contribution is 7.15. The van der Waals surface area contributed by atoms with E-state index in [-0.39, 0.29) is 23.2 Å². The van der Waals surface area contributed by atoms with E-state index in [1.807, 2.05) is 0 Å². The van der Waals surface area contributed by atoms with Crippen LogP contribution in [0.5, 0.6) is 5.75 Å². The highest BCUT2D eigenvalue weighted by Gasteiger charge is 2.49. The predicted molar refractivity (Wildman–Crippen MR) is 131 cm³/mol. The van der Waals surface area contributed by atoms with Gasteiger partial charge in [0.25, 0.3) is 0 Å². The molecule has 192 valence electrons. The lowest BCUT2D eigenvalue weighted by molar-refractivity contribution is -0.159. The molecule has 35 heavy (non-hydrogen) atoms. The van der Waals surface area contributed by atoms with E-state index < -0.39 is 18.0 Å². The monoisotopic (exact) mass is 508 g/mol. The Morgan fingerprint density at radius 2 is 2.14 bits per heavy atom. The number of benzene rings is 1. The Hall–Kier alpha value is -2.10. The summed E-state index contributed by atoms with van der Waals surface area (Å²) in [4.78, 5) is 20.3. The average Bonchev–Trinajstić information content (AvgIpc) is 3.45. The van der Waals surface area contributed by atoms with E-state index in [9.17, 15) is 18.7 Å². The quantitative estimate of drug-likeness (QED) is 0.477. The number of carboxylic acids is 1. The number of carbonyl (C=O) groups is 1. The second-order valence-electron chi connectivity index (χ2n) is 10.9. The third-order valence-corrected chi connectivity index (χ3v) is 8.24. The molecule has 0 saturated carbocycles. The van der Waals surface area contributed by atoms with Gasteiger partial charge in [-0.2, -0.15) is 8.78 Å². The van der Waals surface area contributed by atoms with Gasteiger partial charge in [0, 0.05) is 37.3 Å². The normalized spacial score (nSPS) is 25.8. The van der Waals surface area contributed by atoms with Crippen LogP contribution in [0.3, 0.4) is 0 Å². The summed E-state index contributed by atoms with van der Waals surface area (Å²) in [6.07, 6.45) is 4.79. The van der Waals surface area contributed by atoms with Crippen LogP contribution in [0.15, 0.2) is 30.5 Å². The first-order chi connectivity index (χ1) is 16.6. The van der Waals surface area contributed by atoms with Gasteiger partial charge < -0.3 is 14.6 Å². The Morgan fingerprint density at radius 1 is 1.37 bits per heavy atom. The van der Waals surface area contributed by atoms with Crippen LogP contribution in [0.2, 0.25) is 0 Å². The van der Waals surface area contributed by atoms with Gasteiger partial charge in [-0.05, 0) is 49.1 Å². The van der Waals surface area contributed by atoms with Crippen LogP contribution < -0.4 is 4.74 Å². The maximum atomic E-state index is 12.8. The van der Waals surface area contributed by atoms with Gasteiger partial charge in [-0.3, -0.25) is 9.69 Å². The zero-order chi connectivity index (χ0) is 25.2. The molecule has 0 aliphatic carbocycles. The van der Waals surface area contributed by atoms with E-state index in [0.29, 0.717) is 43.1 Å². The lowest BCUT2D eigenvalue weighted by atomic mass is 9.65. The zero-order valence-corrected chi connectivity index (χ0v) is 21.3. The van der Waals surface area contributed by atoms with Crippen molar-refractivity contribution in [1.29, 1.82) is 0 Å². The van der Waals surface area contributed by atoms with Crippen molar-refractivity contribution in [3.8, 4) is 16.3 Å². The number of halogens is 2. The molecule has 2 aliphatic rings. The molecule has 2 aliphatic heterocycles. The summed E-state index contributed by atoms with van der Waals surface area (Å²) in [6.45, 7) is 6.11. The molecule has 2 saturated heterocycles. The van der Waals surface area contributed by atoms with Crippen molar-refractivity contribution in [2.45, 2.75) is 65.7 Å². The SMILES string of the molecule is CC(C)(C)[C@H]1CN(Cc2cnc(-c3ccccc3OC(F)F)s2)C[C@](C[C@@H]2CCCO2)(C(=O)O)C1. The highest BCUT2D eigenvalue weighted by atomic mass is 32.1. The number of aromatic nitrogens is 1. The molecule has 0 unspecified atom stereocenters. The van der Waals surface area contributed by atoms with Crippen molar-refractivity contribution in [3.63, 3.8) is 0 Å². The summed E-state index contributed by atoms with van der Waals surface area (Å²) in [6, 6.07) is 6.64. The van der Waals surface area contributed by atoms with Crippen LogP contribution in [0.1, 0.15) is 51.3 Å². The largest absolute Gasteiger partial charge is 0.481 e. The number of nitrogens with zero attached hydrogens (tertiary/aromatic N) is 2. The Morgan fingerprint density at radius 3 is 2.80 bits per heavy atom. The van der Waals surface area contributed by atoms with E-state index in [1.54, 1.807) is 24.4 Å². The molecule has 1 N–H and O–H groups in total. The van der Waals surface area contributed by atoms with Gasteiger partial charge in [0.2, 0.25) is 0 Å². The fourth-order valence-electron chi connectivity index (χ4n) is 5.30. The molecule has 1 aromatic carbocycles. The van der Waals surface area contributed by atoms with E-state index in [2.05, 4.69) is 35.4 Å². The summed E-state index contributed by atoms with van der Waals surface area (Å²) in [5.74, 6) is -0.452. The van der Waals surface area contributed by atoms with Gasteiger partial charge >= 0.3 is 12.6 Å². The molecule has 4 rings (SSSR count). The number of hydrogen-bond acceptors (Lipinski definition) is 6. The number of alkyl halides is 2. The van der Waals surface area contributed by atoms with Crippen molar-refractivity contribution in [2.75, 3.05) is 19.7 Å². The van der Waals surface area contributed by atoms with Crippen LogP contribution in [-0.2, 0) is 16.1 Å². The molecule has 1 aromatic heterocycles. The number of rotatable bonds is 8. The lowest BCUT2D eigenvalue weighted by Crippen LogP contribution is -2.54. The van der Waals surface area contributed by atoms with E-state index in [4.69, 9.17) is 4.74 Å². The summed E-state index contributed by atoms with van der Waals surface area (Å²) in [7, 11) is 0. The number of carboxylic acid groups (broad SMARTS) is 1. The summed E-state index contributed by atoms with van der Waals surface area (Å²) < 4.78 is 36.2. The minimum atomic E-state index is -2.91. The Balaban J connectivity index is 1.56. The standard InChI is InChI=1S/C26H34F2N2O4S/c1-25(2,3)17-11-26(23(31)32,12-18-7-6-10-33-18)16-30(14-17)15-19-13-29-22(35-19)20-8-4-5-9-21(20)34-24(27)28/h4-5,8-9,13,17-18,24H,6-7,10-12,14-16H2,1-3H3,(H,31,32)/t17-,18+,26+/m1/s1. The number of piperidine rings is 1. The van der Waals surface area contributed by atoms with Crippen LogP contribution in [0.25, 0.3) is 10.6 Å². The Bertz CT molecular complexity index is 1020. The van der Waals surface area contributed by atoms with Crippen molar-refractivity contribution < 1.29 is 28.2 Å². The highest BCUT2D eigenvalue weighted by Crippen LogP contribution is 2.46. The molecule has 6 nitrogen and oxygen atoms in total. The molecule has 2 aromatic rings. The van der Waals surface area contributed by atoms with Gasteiger partial charge in [0.1, 0.15) is 10.8 Å². The van der Waals surface area contributed by atoms with Crippen LogP contribution >= 0.6 is 11.3 Å². The number of ether oxygens (including phenoxy) is 2. The first-order valence-electron chi connectivity index (χ1n) is 12.1. The molecule has 2 fully saturated rings. The fraction of sp³-hybridized carbons (Fsp3) is 0.615. The number of thiazole rings is 1. The number of likely N-dealkylation sites (tertiary alicyclic amines) is 1. The van der Waals surface area contributed by atoms with Crippen molar-refractivity contribution in [1.82, 2.24) is 9.88 Å². The Kier molecular flexibility index (Phi) is 7.78. The number of aliphatic carboxylic acids is 1.